The van der Waals surface area contributed by atoms with Crippen LogP contribution in [0.1, 0.15) is 5.56 Å². The van der Waals surface area contributed by atoms with Crippen LogP contribution in [0.4, 0.5) is 11.5 Å². The van der Waals surface area contributed by atoms with Crippen molar-refractivity contribution in [3.63, 3.8) is 0 Å². The monoisotopic (exact) mass is 248 g/mol. The summed E-state index contributed by atoms with van der Waals surface area (Å²) in [6.45, 7) is 0. The van der Waals surface area contributed by atoms with Gasteiger partial charge in [0, 0.05) is 11.6 Å². The molecule has 0 amide bonds. The van der Waals surface area contributed by atoms with Gasteiger partial charge in [0.25, 0.3) is 5.69 Å². The number of hydrazone groups is 1. The molecule has 0 saturated carbocycles. The third-order valence-electron chi connectivity index (χ3n) is 1.89. The van der Waals surface area contributed by atoms with Crippen LogP contribution in [0.25, 0.3) is 0 Å². The average Bonchev–Trinajstić information content (AvgIpc) is 2.83. The Morgan fingerprint density at radius 1 is 1.47 bits per heavy atom. The van der Waals surface area contributed by atoms with Crippen molar-refractivity contribution in [3.8, 4) is 0 Å². The van der Waals surface area contributed by atoms with Gasteiger partial charge in [0.15, 0.2) is 0 Å². The Bertz CT molecular complexity index is 522. The number of hydrogen-bond donors (Lipinski definition) is 1. The lowest BCUT2D eigenvalue weighted by atomic mass is 10.4. The van der Waals surface area contributed by atoms with Crippen molar-refractivity contribution in [1.82, 2.24) is 4.98 Å². The second kappa shape index (κ2) is 5.17. The molecular weight excluding hydrogens is 240 g/mol. The van der Waals surface area contributed by atoms with Gasteiger partial charge in [-0.25, -0.2) is 4.98 Å². The van der Waals surface area contributed by atoms with Crippen LogP contribution >= 0.6 is 11.3 Å². The van der Waals surface area contributed by atoms with Crippen LogP contribution in [0.5, 0.6) is 0 Å². The fraction of sp³-hybridized carbons (Fsp3) is 0. The molecule has 0 aliphatic rings. The molecule has 0 radical (unpaired) electrons. The van der Waals surface area contributed by atoms with Crippen LogP contribution < -0.4 is 5.43 Å². The van der Waals surface area contributed by atoms with Crippen molar-refractivity contribution in [1.29, 1.82) is 0 Å². The quantitative estimate of drug-likeness (QED) is 0.512. The molecule has 2 aromatic heterocycles. The number of rotatable bonds is 4. The highest BCUT2D eigenvalue weighted by Crippen LogP contribution is 2.11. The highest BCUT2D eigenvalue weighted by molar-refractivity contribution is 7.08. The van der Waals surface area contributed by atoms with Crippen molar-refractivity contribution >= 4 is 29.1 Å². The number of nitrogens with zero attached hydrogens (tertiary/aromatic N) is 3. The second-order valence-corrected chi connectivity index (χ2v) is 3.87. The molecule has 0 aromatic carbocycles. The van der Waals surface area contributed by atoms with Gasteiger partial charge in [0.1, 0.15) is 12.0 Å². The van der Waals surface area contributed by atoms with E-state index in [0.717, 1.165) is 5.56 Å². The third kappa shape index (κ3) is 3.08. The van der Waals surface area contributed by atoms with Gasteiger partial charge < -0.3 is 0 Å². The van der Waals surface area contributed by atoms with Gasteiger partial charge in [0.05, 0.1) is 11.1 Å². The summed E-state index contributed by atoms with van der Waals surface area (Å²) in [6.07, 6.45) is 2.84. The van der Waals surface area contributed by atoms with E-state index in [1.807, 2.05) is 16.8 Å². The van der Waals surface area contributed by atoms with Crippen molar-refractivity contribution in [2.75, 3.05) is 5.43 Å². The molecule has 0 spiro atoms. The molecule has 0 bridgehead atoms. The zero-order chi connectivity index (χ0) is 12.1. The summed E-state index contributed by atoms with van der Waals surface area (Å²) in [5.41, 5.74) is 3.64. The van der Waals surface area contributed by atoms with E-state index in [-0.39, 0.29) is 5.69 Å². The van der Waals surface area contributed by atoms with Gasteiger partial charge in [-0.3, -0.25) is 15.5 Å². The number of hydrogen-bond acceptors (Lipinski definition) is 6. The number of aromatic nitrogens is 1. The smallest absolute Gasteiger partial charge is 0.261 e. The summed E-state index contributed by atoms with van der Waals surface area (Å²) >= 11 is 1.58. The van der Waals surface area contributed by atoms with Crippen LogP contribution in [0.2, 0.25) is 0 Å². The lowest BCUT2D eigenvalue weighted by Gasteiger charge is -1.97. The maximum Gasteiger partial charge on any atom is 0.287 e. The van der Waals surface area contributed by atoms with Gasteiger partial charge in [-0.05, 0) is 22.9 Å². The van der Waals surface area contributed by atoms with E-state index >= 15 is 0 Å². The Balaban J connectivity index is 1.97. The minimum absolute atomic E-state index is 0.0441. The molecule has 0 fully saturated rings. The average molecular weight is 248 g/mol. The Hall–Kier alpha value is -2.28. The number of thiophene rings is 1. The van der Waals surface area contributed by atoms with Gasteiger partial charge in [0.2, 0.25) is 0 Å². The first-order chi connectivity index (χ1) is 8.25. The van der Waals surface area contributed by atoms with E-state index in [1.54, 1.807) is 17.6 Å². The molecule has 0 unspecified atom stereocenters. The first-order valence-corrected chi connectivity index (χ1v) is 5.62. The number of anilines is 1. The highest BCUT2D eigenvalue weighted by atomic mass is 32.1. The zero-order valence-corrected chi connectivity index (χ0v) is 9.42. The standard InChI is InChI=1S/C10H8N4O2S/c15-14(16)9-1-2-10(11-6-9)13-12-5-8-3-4-17-7-8/h1-7H,(H,11,13)/b12-5+. The fourth-order valence-corrected chi connectivity index (χ4v) is 1.69. The first-order valence-electron chi connectivity index (χ1n) is 4.67. The normalized spacial score (nSPS) is 10.6. The Morgan fingerprint density at radius 3 is 2.94 bits per heavy atom. The van der Waals surface area contributed by atoms with Crippen LogP contribution in [-0.2, 0) is 0 Å². The first kappa shape index (κ1) is 11.2. The number of nitro groups is 1. The predicted molar refractivity (Wildman–Crippen MR) is 66.4 cm³/mol. The van der Waals surface area contributed by atoms with E-state index in [0.29, 0.717) is 5.82 Å². The minimum Gasteiger partial charge on any atom is -0.261 e. The summed E-state index contributed by atoms with van der Waals surface area (Å²) in [5.74, 6) is 0.460. The van der Waals surface area contributed by atoms with Gasteiger partial charge in [-0.2, -0.15) is 16.4 Å². The Kier molecular flexibility index (Phi) is 3.41. The number of nitrogens with one attached hydrogen (secondary N) is 1. The second-order valence-electron chi connectivity index (χ2n) is 3.09. The molecule has 0 atom stereocenters. The maximum atomic E-state index is 10.4. The molecule has 2 heterocycles. The number of pyridine rings is 1. The molecule has 86 valence electrons. The van der Waals surface area contributed by atoms with Crippen molar-refractivity contribution < 1.29 is 4.92 Å². The maximum absolute atomic E-state index is 10.4. The molecule has 17 heavy (non-hydrogen) atoms. The molecular formula is C10H8N4O2S. The molecule has 7 heteroatoms. The lowest BCUT2D eigenvalue weighted by Crippen LogP contribution is -1.94. The molecule has 0 aliphatic carbocycles. The van der Waals surface area contributed by atoms with Gasteiger partial charge >= 0.3 is 0 Å². The largest absolute Gasteiger partial charge is 0.287 e. The summed E-state index contributed by atoms with van der Waals surface area (Å²) in [6, 6.07) is 4.80. The highest BCUT2D eigenvalue weighted by Gasteiger charge is 2.03. The lowest BCUT2D eigenvalue weighted by molar-refractivity contribution is -0.385. The van der Waals surface area contributed by atoms with Crippen LogP contribution in [0, 0.1) is 10.1 Å². The Labute approximate surface area is 101 Å². The summed E-state index contributed by atoms with van der Waals surface area (Å²) < 4.78 is 0. The summed E-state index contributed by atoms with van der Waals surface area (Å²) in [4.78, 5) is 13.8. The predicted octanol–water partition coefficient (Wildman–Crippen LogP) is 2.50. The van der Waals surface area contributed by atoms with E-state index in [1.165, 1.54) is 18.3 Å². The van der Waals surface area contributed by atoms with Gasteiger partial charge in [-0.1, -0.05) is 0 Å². The topological polar surface area (TPSA) is 80.4 Å². The molecule has 1 N–H and O–H groups in total. The van der Waals surface area contributed by atoms with Gasteiger partial charge in [-0.15, -0.1) is 0 Å². The molecule has 6 nitrogen and oxygen atoms in total. The molecule has 2 rings (SSSR count). The molecule has 2 aromatic rings. The van der Waals surface area contributed by atoms with Crippen molar-refractivity contribution in [2.45, 2.75) is 0 Å². The molecule has 0 aliphatic heterocycles. The van der Waals surface area contributed by atoms with E-state index in [9.17, 15) is 10.1 Å². The minimum atomic E-state index is -0.495. The third-order valence-corrected chi connectivity index (χ3v) is 2.60. The zero-order valence-electron chi connectivity index (χ0n) is 8.61. The van der Waals surface area contributed by atoms with Crippen LogP contribution in [0.3, 0.4) is 0 Å². The summed E-state index contributed by atoms with van der Waals surface area (Å²) in [7, 11) is 0. The van der Waals surface area contributed by atoms with E-state index in [2.05, 4.69) is 15.5 Å². The van der Waals surface area contributed by atoms with Crippen molar-refractivity contribution in [2.24, 2.45) is 5.10 Å². The summed E-state index contributed by atoms with van der Waals surface area (Å²) in [5, 5.41) is 18.3. The fourth-order valence-electron chi connectivity index (χ4n) is 1.08. The van der Waals surface area contributed by atoms with Crippen LogP contribution in [0.15, 0.2) is 40.3 Å². The van der Waals surface area contributed by atoms with E-state index in [4.69, 9.17) is 0 Å². The van der Waals surface area contributed by atoms with Crippen LogP contribution in [-0.4, -0.2) is 16.1 Å². The van der Waals surface area contributed by atoms with Crippen molar-refractivity contribution in [3.05, 3.63) is 50.8 Å². The SMILES string of the molecule is O=[N+]([O-])c1ccc(N/N=C/c2ccsc2)nc1. The van der Waals surface area contributed by atoms with E-state index < -0.39 is 4.92 Å². The Morgan fingerprint density at radius 2 is 2.35 bits per heavy atom. The molecule has 0 saturated heterocycles.